The quantitative estimate of drug-likeness (QED) is 0.665. The van der Waals surface area contributed by atoms with Crippen LogP contribution in [0.1, 0.15) is 46.5 Å². The Balaban J connectivity index is 2.02. The second-order valence-electron chi connectivity index (χ2n) is 7.72. The van der Waals surface area contributed by atoms with E-state index in [-0.39, 0.29) is 23.5 Å². The van der Waals surface area contributed by atoms with Crippen LogP contribution in [-0.4, -0.2) is 34.1 Å². The topological polar surface area (TPSA) is 60.7 Å². The minimum absolute atomic E-state index is 0.00102. The maximum absolute atomic E-state index is 10.9. The minimum Gasteiger partial charge on any atom is -0.396 e. The Labute approximate surface area is 109 Å². The Morgan fingerprint density at radius 1 is 1.06 bits per heavy atom. The van der Waals surface area contributed by atoms with Crippen molar-refractivity contribution in [1.29, 1.82) is 0 Å². The molecule has 3 aliphatic rings. The highest BCUT2D eigenvalue weighted by Crippen LogP contribution is 2.72. The summed E-state index contributed by atoms with van der Waals surface area (Å²) in [5.41, 5.74) is -0.596. The van der Waals surface area contributed by atoms with Gasteiger partial charge in [-0.2, -0.15) is 0 Å². The van der Waals surface area contributed by atoms with E-state index < -0.39 is 11.5 Å². The zero-order valence-electron chi connectivity index (χ0n) is 11.7. The van der Waals surface area contributed by atoms with E-state index in [2.05, 4.69) is 20.8 Å². The first kappa shape index (κ1) is 12.9. The summed E-state index contributed by atoms with van der Waals surface area (Å²) >= 11 is 0. The molecule has 104 valence electrons. The van der Waals surface area contributed by atoms with Crippen molar-refractivity contribution in [3.63, 3.8) is 0 Å². The van der Waals surface area contributed by atoms with Crippen LogP contribution in [0, 0.1) is 28.1 Å². The van der Waals surface area contributed by atoms with Crippen LogP contribution in [0.3, 0.4) is 0 Å². The van der Waals surface area contributed by atoms with Gasteiger partial charge in [0, 0.05) is 10.8 Å². The van der Waals surface area contributed by atoms with Crippen molar-refractivity contribution in [3.05, 3.63) is 0 Å². The highest BCUT2D eigenvalue weighted by molar-refractivity contribution is 5.20. The molecule has 18 heavy (non-hydrogen) atoms. The van der Waals surface area contributed by atoms with Crippen molar-refractivity contribution in [2.75, 3.05) is 6.61 Å². The molecule has 3 rings (SSSR count). The SMILES string of the molecule is CC1(C)[C@@H]2[C@H]1CC[C@]1(C)[C@@H](O)CC[C@]1(CO)[C@@H]2O. The van der Waals surface area contributed by atoms with Crippen LogP contribution in [0.5, 0.6) is 0 Å². The van der Waals surface area contributed by atoms with Gasteiger partial charge in [-0.15, -0.1) is 0 Å². The first-order valence-corrected chi connectivity index (χ1v) is 7.28. The van der Waals surface area contributed by atoms with Crippen LogP contribution in [0.15, 0.2) is 0 Å². The van der Waals surface area contributed by atoms with Gasteiger partial charge in [0.15, 0.2) is 0 Å². The smallest absolute Gasteiger partial charge is 0.0660 e. The molecular weight excluding hydrogens is 228 g/mol. The van der Waals surface area contributed by atoms with Gasteiger partial charge < -0.3 is 15.3 Å². The number of hydrogen-bond acceptors (Lipinski definition) is 3. The van der Waals surface area contributed by atoms with E-state index >= 15 is 0 Å². The van der Waals surface area contributed by atoms with Crippen molar-refractivity contribution in [3.8, 4) is 0 Å². The lowest BCUT2D eigenvalue weighted by molar-refractivity contribution is -0.122. The standard InChI is InChI=1S/C15H26O3/c1-13(2)9-4-6-14(3)10(17)5-7-15(14,8-16)12(18)11(9)13/h9-12,16-18H,4-8H2,1-3H3/t9-,10+,11-,12-,14-,15+/m1/s1. The molecule has 0 unspecified atom stereocenters. The number of rotatable bonds is 1. The molecule has 0 saturated heterocycles. The first-order valence-electron chi connectivity index (χ1n) is 7.28. The summed E-state index contributed by atoms with van der Waals surface area (Å²) in [7, 11) is 0. The molecule has 0 amide bonds. The molecule has 6 atom stereocenters. The lowest BCUT2D eigenvalue weighted by Crippen LogP contribution is -2.51. The lowest BCUT2D eigenvalue weighted by Gasteiger charge is -2.47. The fraction of sp³-hybridized carbons (Fsp3) is 1.00. The summed E-state index contributed by atoms with van der Waals surface area (Å²) in [4.78, 5) is 0. The van der Waals surface area contributed by atoms with Gasteiger partial charge in [0.05, 0.1) is 18.8 Å². The molecule has 3 N–H and O–H groups in total. The normalized spacial score (nSPS) is 57.7. The molecule has 0 aromatic carbocycles. The van der Waals surface area contributed by atoms with E-state index in [1.54, 1.807) is 0 Å². The zero-order chi connectivity index (χ0) is 13.3. The van der Waals surface area contributed by atoms with Crippen LogP contribution in [0.25, 0.3) is 0 Å². The fourth-order valence-electron chi connectivity index (χ4n) is 5.35. The first-order chi connectivity index (χ1) is 8.31. The van der Waals surface area contributed by atoms with E-state index in [0.717, 1.165) is 19.3 Å². The summed E-state index contributed by atoms with van der Waals surface area (Å²) in [5, 5.41) is 31.2. The van der Waals surface area contributed by atoms with Crippen molar-refractivity contribution in [2.45, 2.75) is 58.7 Å². The van der Waals surface area contributed by atoms with Gasteiger partial charge in [0.25, 0.3) is 0 Å². The van der Waals surface area contributed by atoms with Gasteiger partial charge in [0.1, 0.15) is 0 Å². The molecule has 3 saturated carbocycles. The highest BCUT2D eigenvalue weighted by atomic mass is 16.3. The zero-order valence-corrected chi connectivity index (χ0v) is 11.7. The van der Waals surface area contributed by atoms with Crippen molar-refractivity contribution >= 4 is 0 Å². The van der Waals surface area contributed by atoms with E-state index in [0.29, 0.717) is 18.3 Å². The third-order valence-corrected chi connectivity index (χ3v) is 7.04. The van der Waals surface area contributed by atoms with Crippen LogP contribution in [0.4, 0.5) is 0 Å². The Morgan fingerprint density at radius 2 is 1.72 bits per heavy atom. The molecule has 3 nitrogen and oxygen atoms in total. The molecule has 0 heterocycles. The summed E-state index contributed by atoms with van der Waals surface area (Å²) < 4.78 is 0. The number of aliphatic hydroxyl groups is 3. The van der Waals surface area contributed by atoms with Crippen molar-refractivity contribution in [1.82, 2.24) is 0 Å². The molecule has 0 bridgehead atoms. The average Bonchev–Trinajstić information content (AvgIpc) is 2.80. The molecule has 0 radical (unpaired) electrons. The monoisotopic (exact) mass is 254 g/mol. The van der Waals surface area contributed by atoms with Gasteiger partial charge in [-0.1, -0.05) is 20.8 Å². The van der Waals surface area contributed by atoms with E-state index in [1.165, 1.54) is 0 Å². The second-order valence-corrected chi connectivity index (χ2v) is 7.72. The van der Waals surface area contributed by atoms with Gasteiger partial charge in [0.2, 0.25) is 0 Å². The Morgan fingerprint density at radius 3 is 2.33 bits per heavy atom. The van der Waals surface area contributed by atoms with E-state index in [4.69, 9.17) is 0 Å². The maximum atomic E-state index is 10.9. The molecule has 0 aromatic rings. The molecule has 0 aliphatic heterocycles. The van der Waals surface area contributed by atoms with Gasteiger partial charge in [-0.25, -0.2) is 0 Å². The van der Waals surface area contributed by atoms with E-state index in [1.807, 2.05) is 0 Å². The third-order valence-electron chi connectivity index (χ3n) is 7.04. The summed E-state index contributed by atoms with van der Waals surface area (Å²) in [6.45, 7) is 6.53. The summed E-state index contributed by atoms with van der Waals surface area (Å²) in [5.74, 6) is 0.863. The molecule has 3 aliphatic carbocycles. The lowest BCUT2D eigenvalue weighted by atomic mass is 9.60. The Bertz CT molecular complexity index is 367. The second kappa shape index (κ2) is 3.50. The van der Waals surface area contributed by atoms with Gasteiger partial charge in [-0.3, -0.25) is 0 Å². The largest absolute Gasteiger partial charge is 0.396 e. The number of aliphatic hydroxyl groups excluding tert-OH is 3. The van der Waals surface area contributed by atoms with Gasteiger partial charge in [-0.05, 0) is 42.9 Å². The molecule has 3 fully saturated rings. The molecule has 3 heteroatoms. The molecular formula is C15H26O3. The predicted octanol–water partition coefficient (Wildman–Crippen LogP) is 1.55. The molecule has 0 aromatic heterocycles. The summed E-state index contributed by atoms with van der Waals surface area (Å²) in [6, 6.07) is 0. The van der Waals surface area contributed by atoms with Crippen LogP contribution in [-0.2, 0) is 0 Å². The summed E-state index contributed by atoms with van der Waals surface area (Å²) in [6.07, 6.45) is 2.63. The number of fused-ring (bicyclic) bond motifs is 2. The molecule has 0 spiro atoms. The maximum Gasteiger partial charge on any atom is 0.0660 e. The van der Waals surface area contributed by atoms with Crippen LogP contribution in [0.2, 0.25) is 0 Å². The van der Waals surface area contributed by atoms with Crippen molar-refractivity contribution in [2.24, 2.45) is 28.1 Å². The third kappa shape index (κ3) is 1.21. The Kier molecular flexibility index (Phi) is 2.51. The fourth-order valence-corrected chi connectivity index (χ4v) is 5.35. The van der Waals surface area contributed by atoms with Crippen molar-refractivity contribution < 1.29 is 15.3 Å². The Hall–Kier alpha value is -0.120. The van der Waals surface area contributed by atoms with Crippen LogP contribution >= 0.6 is 0 Å². The minimum atomic E-state index is -0.487. The number of hydrogen-bond donors (Lipinski definition) is 3. The average molecular weight is 254 g/mol. The van der Waals surface area contributed by atoms with Crippen LogP contribution < -0.4 is 0 Å². The predicted molar refractivity (Wildman–Crippen MR) is 68.9 cm³/mol. The highest BCUT2D eigenvalue weighted by Gasteiger charge is 2.71. The van der Waals surface area contributed by atoms with Gasteiger partial charge >= 0.3 is 0 Å². The van der Waals surface area contributed by atoms with E-state index in [9.17, 15) is 15.3 Å².